The highest BCUT2D eigenvalue weighted by Crippen LogP contribution is 2.35. The van der Waals surface area contributed by atoms with Gasteiger partial charge >= 0.3 is 6.18 Å². The van der Waals surface area contributed by atoms with Crippen LogP contribution in [0.25, 0.3) is 0 Å². The van der Waals surface area contributed by atoms with E-state index in [1.54, 1.807) is 24.3 Å². The van der Waals surface area contributed by atoms with Gasteiger partial charge in [0, 0.05) is 38.2 Å². The largest absolute Gasteiger partial charge is 0.497 e. The molecule has 0 aliphatic rings. The van der Waals surface area contributed by atoms with Gasteiger partial charge in [-0.25, -0.2) is 0 Å². The Hall–Kier alpha value is -4.46. The van der Waals surface area contributed by atoms with Crippen LogP contribution in [0.15, 0.2) is 72.8 Å². The monoisotopic (exact) mass is 643 g/mol. The van der Waals surface area contributed by atoms with Crippen LogP contribution >= 0.6 is 0 Å². The lowest BCUT2D eigenvalue weighted by atomic mass is 9.96. The fraction of sp³-hybridized carbons (Fsp3) is 0.364. The number of rotatable bonds is 17. The van der Waals surface area contributed by atoms with E-state index in [1.165, 1.54) is 12.0 Å². The highest BCUT2D eigenvalue weighted by atomic mass is 19.4. The molecule has 0 aliphatic heterocycles. The predicted molar refractivity (Wildman–Crippen MR) is 167 cm³/mol. The lowest BCUT2D eigenvalue weighted by Gasteiger charge is -2.24. The van der Waals surface area contributed by atoms with Gasteiger partial charge in [-0.05, 0) is 60.9 Å². The summed E-state index contributed by atoms with van der Waals surface area (Å²) in [5, 5.41) is 2.63. The Morgan fingerprint density at radius 3 is 2.13 bits per heavy atom. The smallest absolute Gasteiger partial charge is 0.416 e. The number of carbonyl (C=O) groups is 3. The summed E-state index contributed by atoms with van der Waals surface area (Å²) < 4.78 is 52.0. The van der Waals surface area contributed by atoms with Gasteiger partial charge < -0.3 is 36.9 Å². The summed E-state index contributed by atoms with van der Waals surface area (Å²) in [6.07, 6.45) is -4.99. The molecule has 0 heterocycles. The zero-order valence-electron chi connectivity index (χ0n) is 25.6. The van der Waals surface area contributed by atoms with Crippen LogP contribution in [0.5, 0.6) is 17.2 Å². The molecule has 3 aromatic carbocycles. The van der Waals surface area contributed by atoms with Crippen LogP contribution in [0, 0.1) is 0 Å². The molecule has 10 nitrogen and oxygen atoms in total. The molecule has 3 rings (SSSR count). The number of aryl methyl sites for hydroxylation is 1. The van der Waals surface area contributed by atoms with Gasteiger partial charge in [-0.15, -0.1) is 0 Å². The Morgan fingerprint density at radius 1 is 0.913 bits per heavy atom. The van der Waals surface area contributed by atoms with Gasteiger partial charge in [-0.1, -0.05) is 30.3 Å². The van der Waals surface area contributed by atoms with E-state index in [9.17, 15) is 27.6 Å². The van der Waals surface area contributed by atoms with Crippen LogP contribution in [0.1, 0.15) is 29.5 Å². The van der Waals surface area contributed by atoms with Gasteiger partial charge in [-0.2, -0.15) is 13.2 Å². The summed E-state index contributed by atoms with van der Waals surface area (Å²) in [5.74, 6) is -0.818. The molecule has 0 radical (unpaired) electrons. The second kappa shape index (κ2) is 17.3. The van der Waals surface area contributed by atoms with E-state index < -0.39 is 47.8 Å². The van der Waals surface area contributed by atoms with E-state index in [0.717, 1.165) is 23.8 Å². The Labute approximate surface area is 266 Å². The number of benzene rings is 3. The molecule has 0 unspecified atom stereocenters. The molecule has 0 bridgehead atoms. The first-order chi connectivity index (χ1) is 21.9. The van der Waals surface area contributed by atoms with Crippen LogP contribution < -0.4 is 32.0 Å². The number of amides is 2. The molecule has 0 aliphatic carbocycles. The number of hydrogen-bond acceptors (Lipinski definition) is 8. The van der Waals surface area contributed by atoms with Crippen LogP contribution in [-0.2, 0) is 33.4 Å². The minimum Gasteiger partial charge on any atom is -0.497 e. The van der Waals surface area contributed by atoms with E-state index in [0.29, 0.717) is 17.9 Å². The first kappa shape index (κ1) is 36.0. The zero-order chi connectivity index (χ0) is 33.7. The van der Waals surface area contributed by atoms with Gasteiger partial charge in [0.05, 0.1) is 31.2 Å². The van der Waals surface area contributed by atoms with E-state index in [-0.39, 0.29) is 50.3 Å². The van der Waals surface area contributed by atoms with Crippen molar-refractivity contribution in [1.82, 2.24) is 10.2 Å². The van der Waals surface area contributed by atoms with Crippen LogP contribution in [0.4, 0.5) is 13.2 Å². The van der Waals surface area contributed by atoms with Crippen molar-refractivity contribution < 1.29 is 37.0 Å². The number of ketones is 1. The molecular weight excluding hydrogens is 603 g/mol. The number of nitrogens with two attached hydrogens (primary N) is 3. The van der Waals surface area contributed by atoms with Crippen molar-refractivity contribution in [2.75, 3.05) is 33.3 Å². The van der Waals surface area contributed by atoms with Crippen molar-refractivity contribution in [2.45, 2.75) is 43.9 Å². The van der Waals surface area contributed by atoms with E-state index in [4.69, 9.17) is 26.7 Å². The minimum atomic E-state index is -4.67. The van der Waals surface area contributed by atoms with Crippen molar-refractivity contribution >= 4 is 17.6 Å². The number of ether oxygens (including phenoxy) is 2. The molecule has 13 heteroatoms. The molecule has 0 spiro atoms. The summed E-state index contributed by atoms with van der Waals surface area (Å²) in [6, 6.07) is 16.1. The number of alkyl halides is 3. The molecule has 0 aromatic heterocycles. The molecule has 2 atom stereocenters. The van der Waals surface area contributed by atoms with E-state index in [1.807, 2.05) is 30.3 Å². The third-order valence-electron chi connectivity index (χ3n) is 7.19. The van der Waals surface area contributed by atoms with Crippen LogP contribution in [0.3, 0.4) is 0 Å². The van der Waals surface area contributed by atoms with E-state index >= 15 is 0 Å². The SMILES string of the molecule is COc1ccc(Oc2ccc(C(F)(F)F)cc2CC(=O)[C@H](CCc2ccccc2)NC(=O)[C@@H](N)CC(=O)N(CCN)CCN)cc1. The summed E-state index contributed by atoms with van der Waals surface area (Å²) in [6.45, 7) is 0.868. The number of halogens is 3. The molecule has 0 saturated carbocycles. The number of Topliss-reactive ketones (excluding diaryl/α,β-unsaturated/α-hetero) is 1. The topological polar surface area (TPSA) is 163 Å². The molecular formula is C33H40F3N5O5. The number of nitrogens with one attached hydrogen (secondary N) is 1. The fourth-order valence-electron chi connectivity index (χ4n) is 4.71. The van der Waals surface area contributed by atoms with Crippen molar-refractivity contribution in [1.29, 1.82) is 0 Å². The van der Waals surface area contributed by atoms with Gasteiger partial charge in [0.15, 0.2) is 5.78 Å². The highest BCUT2D eigenvalue weighted by Gasteiger charge is 2.32. The first-order valence-electron chi connectivity index (χ1n) is 14.8. The second-order valence-electron chi connectivity index (χ2n) is 10.6. The Bertz CT molecular complexity index is 1430. The Balaban J connectivity index is 1.85. The molecule has 248 valence electrons. The summed E-state index contributed by atoms with van der Waals surface area (Å²) in [7, 11) is 1.49. The van der Waals surface area contributed by atoms with Crippen molar-refractivity contribution in [3.63, 3.8) is 0 Å². The normalized spacial score (nSPS) is 12.6. The van der Waals surface area contributed by atoms with E-state index in [2.05, 4.69) is 5.32 Å². The summed E-state index contributed by atoms with van der Waals surface area (Å²) >= 11 is 0. The average Bonchev–Trinajstić information content (AvgIpc) is 3.03. The Morgan fingerprint density at radius 2 is 1.54 bits per heavy atom. The third-order valence-corrected chi connectivity index (χ3v) is 7.19. The summed E-state index contributed by atoms with van der Waals surface area (Å²) in [4.78, 5) is 41.0. The highest BCUT2D eigenvalue weighted by molar-refractivity contribution is 5.94. The second-order valence-corrected chi connectivity index (χ2v) is 10.6. The van der Waals surface area contributed by atoms with Gasteiger partial charge in [0.25, 0.3) is 0 Å². The summed E-state index contributed by atoms with van der Waals surface area (Å²) in [5.41, 5.74) is 17.1. The number of hydrogen-bond donors (Lipinski definition) is 4. The lowest BCUT2D eigenvalue weighted by Crippen LogP contribution is -2.51. The first-order valence-corrected chi connectivity index (χ1v) is 14.8. The quantitative estimate of drug-likeness (QED) is 0.174. The maximum atomic E-state index is 13.7. The Kier molecular flexibility index (Phi) is 13.5. The standard InChI is InChI=1S/C33H40F3N5O5/c1-45-25-9-11-26(12-10-25)46-30-14-8-24(33(34,35)36)19-23(30)20-29(42)28(13-7-22-5-3-2-4-6-22)40-32(44)27(39)21-31(43)41(17-15-37)18-16-38/h2-6,8-12,14,19,27-28H,7,13,15-18,20-21,37-39H2,1H3,(H,40,44)/t27-,28-/m0/s1. The average molecular weight is 644 g/mol. The maximum Gasteiger partial charge on any atom is 0.416 e. The predicted octanol–water partition coefficient (Wildman–Crippen LogP) is 3.20. The lowest BCUT2D eigenvalue weighted by molar-refractivity contribution is -0.137. The number of methoxy groups -OCH3 is 1. The maximum absolute atomic E-state index is 13.7. The van der Waals surface area contributed by atoms with Gasteiger partial charge in [-0.3, -0.25) is 14.4 Å². The van der Waals surface area contributed by atoms with Crippen molar-refractivity contribution in [2.24, 2.45) is 17.2 Å². The third kappa shape index (κ3) is 10.9. The van der Waals surface area contributed by atoms with Gasteiger partial charge in [0.1, 0.15) is 17.2 Å². The number of nitrogens with zero attached hydrogens (tertiary/aromatic N) is 1. The fourth-order valence-corrected chi connectivity index (χ4v) is 4.71. The number of carbonyl (C=O) groups excluding carboxylic acids is 3. The molecule has 7 N–H and O–H groups in total. The molecule has 0 saturated heterocycles. The molecule has 46 heavy (non-hydrogen) atoms. The molecule has 0 fully saturated rings. The zero-order valence-corrected chi connectivity index (χ0v) is 25.6. The van der Waals surface area contributed by atoms with Crippen LogP contribution in [0.2, 0.25) is 0 Å². The van der Waals surface area contributed by atoms with Crippen LogP contribution in [-0.4, -0.2) is 67.9 Å². The van der Waals surface area contributed by atoms with Gasteiger partial charge in [0.2, 0.25) is 11.8 Å². The van der Waals surface area contributed by atoms with Crippen molar-refractivity contribution in [3.8, 4) is 17.2 Å². The van der Waals surface area contributed by atoms with Crippen molar-refractivity contribution in [3.05, 3.63) is 89.5 Å². The molecule has 3 aromatic rings. The molecule has 2 amide bonds. The minimum absolute atomic E-state index is 0.0201.